The Hall–Kier alpha value is -2.90. The number of aryl methyl sites for hydroxylation is 1. The predicted octanol–water partition coefficient (Wildman–Crippen LogP) is 1.65. The van der Waals surface area contributed by atoms with E-state index in [0.717, 1.165) is 0 Å². The Bertz CT molecular complexity index is 665. The van der Waals surface area contributed by atoms with Crippen LogP contribution in [0.1, 0.15) is 17.3 Å². The average molecular weight is 275 g/mol. The van der Waals surface area contributed by atoms with E-state index in [2.05, 4.69) is 10.4 Å². The minimum Gasteiger partial charge on any atom is -0.393 e. The van der Waals surface area contributed by atoms with Crippen molar-refractivity contribution in [1.29, 1.82) is 0 Å². The van der Waals surface area contributed by atoms with Crippen molar-refractivity contribution in [2.24, 2.45) is 0 Å². The third-order valence-electron chi connectivity index (χ3n) is 2.70. The molecule has 8 nitrogen and oxygen atoms in total. The molecule has 2 aromatic rings. The van der Waals surface area contributed by atoms with Crippen molar-refractivity contribution >= 4 is 23.0 Å². The molecule has 8 heteroatoms. The molecule has 0 atom stereocenters. The van der Waals surface area contributed by atoms with Crippen LogP contribution in [0.5, 0.6) is 0 Å². The number of aromatic nitrogens is 2. The van der Waals surface area contributed by atoms with E-state index in [1.807, 2.05) is 6.92 Å². The Labute approximate surface area is 114 Å². The van der Waals surface area contributed by atoms with Gasteiger partial charge in [-0.2, -0.15) is 5.10 Å². The highest BCUT2D eigenvalue weighted by atomic mass is 16.6. The minimum atomic E-state index is -0.595. The van der Waals surface area contributed by atoms with Crippen molar-refractivity contribution < 1.29 is 9.72 Å². The molecule has 2 rings (SSSR count). The van der Waals surface area contributed by atoms with Crippen LogP contribution in [-0.4, -0.2) is 20.6 Å². The fraction of sp³-hybridized carbons (Fsp3) is 0.167. The summed E-state index contributed by atoms with van der Waals surface area (Å²) in [6.07, 6.45) is 3.21. The van der Waals surface area contributed by atoms with E-state index in [1.165, 1.54) is 24.4 Å². The smallest absolute Gasteiger partial charge is 0.292 e. The molecule has 0 aliphatic carbocycles. The lowest BCUT2D eigenvalue weighted by atomic mass is 10.1. The monoisotopic (exact) mass is 275 g/mol. The van der Waals surface area contributed by atoms with Gasteiger partial charge in [0, 0.05) is 24.4 Å². The Balaban J connectivity index is 2.17. The lowest BCUT2D eigenvalue weighted by Crippen LogP contribution is -2.12. The summed E-state index contributed by atoms with van der Waals surface area (Å²) in [4.78, 5) is 22.0. The first-order valence-electron chi connectivity index (χ1n) is 5.89. The maximum absolute atomic E-state index is 12.0. The third-order valence-corrected chi connectivity index (χ3v) is 2.70. The number of amides is 1. The molecule has 0 unspecified atom stereocenters. The third kappa shape index (κ3) is 2.74. The first-order chi connectivity index (χ1) is 9.51. The van der Waals surface area contributed by atoms with Gasteiger partial charge in [-0.15, -0.1) is 0 Å². The lowest BCUT2D eigenvalue weighted by molar-refractivity contribution is -0.383. The molecule has 0 radical (unpaired) electrons. The highest BCUT2D eigenvalue weighted by Crippen LogP contribution is 2.22. The van der Waals surface area contributed by atoms with Crippen LogP contribution in [0, 0.1) is 10.1 Å². The maximum Gasteiger partial charge on any atom is 0.292 e. The fourth-order valence-electron chi connectivity index (χ4n) is 1.67. The minimum absolute atomic E-state index is 0.0492. The molecule has 0 aliphatic rings. The summed E-state index contributed by atoms with van der Waals surface area (Å²) in [5, 5.41) is 17.3. The number of nitrogen functional groups attached to an aromatic ring is 1. The van der Waals surface area contributed by atoms with Crippen molar-refractivity contribution in [3.05, 3.63) is 46.3 Å². The largest absolute Gasteiger partial charge is 0.393 e. The first kappa shape index (κ1) is 13.5. The number of nitro groups is 1. The van der Waals surface area contributed by atoms with Gasteiger partial charge < -0.3 is 11.1 Å². The van der Waals surface area contributed by atoms with E-state index < -0.39 is 10.8 Å². The van der Waals surface area contributed by atoms with Gasteiger partial charge in [-0.25, -0.2) is 0 Å². The zero-order valence-corrected chi connectivity index (χ0v) is 10.7. The van der Waals surface area contributed by atoms with Crippen molar-refractivity contribution in [1.82, 2.24) is 9.78 Å². The van der Waals surface area contributed by atoms with Crippen molar-refractivity contribution in [3.8, 4) is 0 Å². The van der Waals surface area contributed by atoms with Crippen LogP contribution in [-0.2, 0) is 6.54 Å². The molecule has 0 saturated carbocycles. The number of nitro benzene ring substituents is 1. The van der Waals surface area contributed by atoms with Crippen molar-refractivity contribution in [2.75, 3.05) is 11.1 Å². The Morgan fingerprint density at radius 1 is 1.55 bits per heavy atom. The van der Waals surface area contributed by atoms with Crippen LogP contribution in [0.25, 0.3) is 0 Å². The second kappa shape index (κ2) is 5.39. The second-order valence-electron chi connectivity index (χ2n) is 4.07. The number of nitrogens with one attached hydrogen (secondary N) is 1. The van der Waals surface area contributed by atoms with E-state index >= 15 is 0 Å². The normalized spacial score (nSPS) is 10.2. The van der Waals surface area contributed by atoms with Gasteiger partial charge in [0.25, 0.3) is 11.6 Å². The number of carbonyl (C=O) groups excluding carboxylic acids is 1. The van der Waals surface area contributed by atoms with Crippen LogP contribution in [0.3, 0.4) is 0 Å². The van der Waals surface area contributed by atoms with Gasteiger partial charge in [-0.3, -0.25) is 19.6 Å². The summed E-state index contributed by atoms with van der Waals surface area (Å²) >= 11 is 0. The fourth-order valence-corrected chi connectivity index (χ4v) is 1.67. The van der Waals surface area contributed by atoms with Crippen LogP contribution in [0.2, 0.25) is 0 Å². The number of anilines is 2. The Morgan fingerprint density at radius 2 is 2.30 bits per heavy atom. The molecule has 20 heavy (non-hydrogen) atoms. The van der Waals surface area contributed by atoms with Gasteiger partial charge in [0.15, 0.2) is 0 Å². The van der Waals surface area contributed by atoms with Gasteiger partial charge in [0.2, 0.25) is 0 Å². The van der Waals surface area contributed by atoms with Crippen LogP contribution in [0.4, 0.5) is 17.1 Å². The summed E-state index contributed by atoms with van der Waals surface area (Å²) in [5.74, 6) is -0.401. The van der Waals surface area contributed by atoms with Gasteiger partial charge in [-0.1, -0.05) is 0 Å². The first-order valence-corrected chi connectivity index (χ1v) is 5.89. The molecule has 1 aromatic carbocycles. The highest BCUT2D eigenvalue weighted by Gasteiger charge is 2.15. The van der Waals surface area contributed by atoms with Crippen LogP contribution in [0.15, 0.2) is 30.6 Å². The Morgan fingerprint density at radius 3 is 2.85 bits per heavy atom. The summed E-state index contributed by atoms with van der Waals surface area (Å²) in [7, 11) is 0. The highest BCUT2D eigenvalue weighted by molar-refractivity contribution is 6.05. The molecule has 1 heterocycles. The van der Waals surface area contributed by atoms with E-state index in [-0.39, 0.29) is 16.9 Å². The maximum atomic E-state index is 12.0. The molecule has 104 valence electrons. The van der Waals surface area contributed by atoms with Gasteiger partial charge in [0.05, 0.1) is 16.8 Å². The van der Waals surface area contributed by atoms with E-state index in [0.29, 0.717) is 12.2 Å². The lowest BCUT2D eigenvalue weighted by Gasteiger charge is -2.04. The summed E-state index contributed by atoms with van der Waals surface area (Å²) in [6.45, 7) is 2.62. The second-order valence-corrected chi connectivity index (χ2v) is 4.07. The Kier molecular flexibility index (Phi) is 3.65. The number of nitrogens with two attached hydrogens (primary N) is 1. The van der Waals surface area contributed by atoms with Crippen LogP contribution >= 0.6 is 0 Å². The molecular formula is C12H13N5O3. The van der Waals surface area contributed by atoms with Gasteiger partial charge >= 0.3 is 0 Å². The quantitative estimate of drug-likeness (QED) is 0.500. The van der Waals surface area contributed by atoms with E-state index in [4.69, 9.17) is 5.73 Å². The molecule has 3 N–H and O–H groups in total. The van der Waals surface area contributed by atoms with Crippen LogP contribution < -0.4 is 11.1 Å². The predicted molar refractivity (Wildman–Crippen MR) is 73.4 cm³/mol. The number of carbonyl (C=O) groups is 1. The molecule has 0 spiro atoms. The van der Waals surface area contributed by atoms with E-state index in [9.17, 15) is 14.9 Å². The molecule has 0 fully saturated rings. The number of benzene rings is 1. The van der Waals surface area contributed by atoms with Crippen molar-refractivity contribution in [3.63, 3.8) is 0 Å². The SMILES string of the molecule is CCn1cc(NC(=O)c2ccc([N+](=O)[O-])c(N)c2)cn1. The summed E-state index contributed by atoms with van der Waals surface area (Å²) < 4.78 is 1.67. The molecule has 1 aromatic heterocycles. The summed E-state index contributed by atoms with van der Waals surface area (Å²) in [5.41, 5.74) is 6.07. The van der Waals surface area contributed by atoms with Gasteiger partial charge in [0.1, 0.15) is 5.69 Å². The number of rotatable bonds is 4. The van der Waals surface area contributed by atoms with E-state index in [1.54, 1.807) is 10.9 Å². The number of hydrogen-bond acceptors (Lipinski definition) is 5. The molecule has 0 aliphatic heterocycles. The molecule has 0 saturated heterocycles. The average Bonchev–Trinajstić information content (AvgIpc) is 2.85. The zero-order chi connectivity index (χ0) is 14.7. The van der Waals surface area contributed by atoms with Gasteiger partial charge in [-0.05, 0) is 19.1 Å². The molecule has 1 amide bonds. The molecular weight excluding hydrogens is 262 g/mol. The van der Waals surface area contributed by atoms with Crippen molar-refractivity contribution in [2.45, 2.75) is 13.5 Å². The standard InChI is InChI=1S/C12H13N5O3/c1-2-16-7-9(6-14-16)15-12(18)8-3-4-11(17(19)20)10(13)5-8/h3-7H,2,13H2,1H3,(H,15,18). The number of nitrogens with zero attached hydrogens (tertiary/aromatic N) is 3. The zero-order valence-electron chi connectivity index (χ0n) is 10.7. The summed E-state index contributed by atoms with van der Waals surface area (Å²) in [6, 6.07) is 3.84. The number of hydrogen-bond donors (Lipinski definition) is 2. The molecule has 0 bridgehead atoms. The topological polar surface area (TPSA) is 116 Å².